The summed E-state index contributed by atoms with van der Waals surface area (Å²) in [7, 11) is -6.77. The molecule has 1 aromatic rings. The zero-order valence-electron chi connectivity index (χ0n) is 9.71. The van der Waals surface area contributed by atoms with Gasteiger partial charge in [0, 0.05) is 24.2 Å². The smallest absolute Gasteiger partial charge is 0.250 e. The van der Waals surface area contributed by atoms with Gasteiger partial charge in [0.25, 0.3) is 0 Å². The highest BCUT2D eigenvalue weighted by atomic mass is 32.2. The van der Waals surface area contributed by atoms with Crippen molar-refractivity contribution < 1.29 is 16.8 Å². The second kappa shape index (κ2) is 5.97. The van der Waals surface area contributed by atoms with E-state index < -0.39 is 20.0 Å². The molecule has 0 aliphatic rings. The topological polar surface area (TPSA) is 118 Å². The molecule has 10 heteroatoms. The van der Waals surface area contributed by atoms with Gasteiger partial charge >= 0.3 is 0 Å². The second-order valence-electron chi connectivity index (χ2n) is 3.62. The van der Waals surface area contributed by atoms with Crippen molar-refractivity contribution in [1.29, 1.82) is 0 Å². The Labute approximate surface area is 110 Å². The molecule has 0 saturated heterocycles. The average molecular weight is 313 g/mol. The van der Waals surface area contributed by atoms with Gasteiger partial charge in [-0.05, 0) is 12.5 Å². The van der Waals surface area contributed by atoms with Gasteiger partial charge in [0.15, 0.2) is 0 Å². The Kier molecular flexibility index (Phi) is 5.10. The van der Waals surface area contributed by atoms with Crippen LogP contribution in [0.25, 0.3) is 0 Å². The van der Waals surface area contributed by atoms with E-state index >= 15 is 0 Å². The molecule has 0 radical (unpaired) electrons. The Morgan fingerprint density at radius 3 is 2.33 bits per heavy atom. The molecule has 104 valence electrons. The maximum atomic E-state index is 11.7. The predicted molar refractivity (Wildman–Crippen MR) is 71.4 cm³/mol. The summed E-state index contributed by atoms with van der Waals surface area (Å²) in [5.74, 6) is 0. The van der Waals surface area contributed by atoms with Crippen molar-refractivity contribution >= 4 is 37.1 Å². The van der Waals surface area contributed by atoms with E-state index in [0.29, 0.717) is 12.1 Å². The molecule has 0 aliphatic heterocycles. The molecule has 0 fully saturated rings. The minimum atomic E-state index is -3.54. The third-order valence-corrected chi connectivity index (χ3v) is 5.52. The van der Waals surface area contributed by atoms with E-state index in [-0.39, 0.29) is 17.3 Å². The number of hydrogen-bond acceptors (Lipinski definition) is 6. The first-order valence-electron chi connectivity index (χ1n) is 4.99. The van der Waals surface area contributed by atoms with Crippen molar-refractivity contribution in [1.82, 2.24) is 9.44 Å². The van der Waals surface area contributed by atoms with Gasteiger partial charge in [0.1, 0.15) is 4.21 Å². The van der Waals surface area contributed by atoms with Crippen LogP contribution < -0.4 is 15.2 Å². The first-order valence-corrected chi connectivity index (χ1v) is 9.24. The minimum Gasteiger partial charge on any atom is -0.398 e. The lowest BCUT2D eigenvalue weighted by Crippen LogP contribution is -2.29. The van der Waals surface area contributed by atoms with Crippen LogP contribution in [0.15, 0.2) is 15.7 Å². The summed E-state index contributed by atoms with van der Waals surface area (Å²) in [6.07, 6.45) is 1.42. The first-order chi connectivity index (χ1) is 8.21. The summed E-state index contributed by atoms with van der Waals surface area (Å²) in [6, 6.07) is 1.38. The summed E-state index contributed by atoms with van der Waals surface area (Å²) in [5, 5.41) is 1.54. The van der Waals surface area contributed by atoms with E-state index in [4.69, 9.17) is 5.73 Å². The number of thiophene rings is 1. The lowest BCUT2D eigenvalue weighted by molar-refractivity contribution is 0.576. The number of hydrogen-bond donors (Lipinski definition) is 3. The molecule has 1 rings (SSSR count). The van der Waals surface area contributed by atoms with Crippen LogP contribution in [0.2, 0.25) is 0 Å². The fourth-order valence-electron chi connectivity index (χ4n) is 1.09. The van der Waals surface area contributed by atoms with Crippen molar-refractivity contribution in [3.63, 3.8) is 0 Å². The summed E-state index contributed by atoms with van der Waals surface area (Å²) in [5.41, 5.74) is 5.84. The van der Waals surface area contributed by atoms with Crippen LogP contribution in [0.3, 0.4) is 0 Å². The largest absolute Gasteiger partial charge is 0.398 e. The number of sulfonamides is 2. The molecule has 0 spiro atoms. The molecule has 1 heterocycles. The third-order valence-electron chi connectivity index (χ3n) is 1.87. The van der Waals surface area contributed by atoms with E-state index in [1.54, 1.807) is 5.38 Å². The average Bonchev–Trinajstić information content (AvgIpc) is 2.63. The molecule has 7 nitrogen and oxygen atoms in total. The van der Waals surface area contributed by atoms with Gasteiger partial charge < -0.3 is 5.73 Å². The van der Waals surface area contributed by atoms with Crippen LogP contribution in [0.4, 0.5) is 5.69 Å². The van der Waals surface area contributed by atoms with Crippen molar-refractivity contribution in [2.24, 2.45) is 0 Å². The third kappa shape index (κ3) is 5.31. The lowest BCUT2D eigenvalue weighted by atomic mass is 10.4. The molecule has 0 aliphatic carbocycles. The molecule has 0 saturated carbocycles. The van der Waals surface area contributed by atoms with Crippen molar-refractivity contribution in [2.45, 2.75) is 10.6 Å². The van der Waals surface area contributed by atoms with Crippen LogP contribution in [0.5, 0.6) is 0 Å². The van der Waals surface area contributed by atoms with Gasteiger partial charge in [-0.2, -0.15) is 0 Å². The standard InChI is InChI=1S/C8H15N3O4S3/c1-17(12,13)10-3-2-4-11-18(14,15)8-5-7(9)6-16-8/h5-6,10-11H,2-4,9H2,1H3. The normalized spacial score (nSPS) is 12.7. The van der Waals surface area contributed by atoms with Gasteiger partial charge in [0.2, 0.25) is 20.0 Å². The predicted octanol–water partition coefficient (Wildman–Crippen LogP) is -0.452. The quantitative estimate of drug-likeness (QED) is 0.589. The molecule has 0 amide bonds. The molecule has 0 unspecified atom stereocenters. The minimum absolute atomic E-state index is 0.149. The molecular weight excluding hydrogens is 298 g/mol. The summed E-state index contributed by atoms with van der Waals surface area (Å²) >= 11 is 1.04. The van der Waals surface area contributed by atoms with Crippen molar-refractivity contribution in [2.75, 3.05) is 25.1 Å². The van der Waals surface area contributed by atoms with Gasteiger partial charge in [-0.3, -0.25) is 0 Å². The highest BCUT2D eigenvalue weighted by Crippen LogP contribution is 2.20. The molecule has 18 heavy (non-hydrogen) atoms. The van der Waals surface area contributed by atoms with E-state index in [1.807, 2.05) is 0 Å². The van der Waals surface area contributed by atoms with Crippen LogP contribution in [0, 0.1) is 0 Å². The van der Waals surface area contributed by atoms with E-state index in [2.05, 4.69) is 9.44 Å². The Balaban J connectivity index is 2.40. The maximum absolute atomic E-state index is 11.7. The first kappa shape index (κ1) is 15.4. The van der Waals surface area contributed by atoms with Crippen LogP contribution >= 0.6 is 11.3 Å². The van der Waals surface area contributed by atoms with Gasteiger partial charge in [-0.1, -0.05) is 0 Å². The second-order valence-corrected chi connectivity index (χ2v) is 8.35. The van der Waals surface area contributed by atoms with E-state index in [0.717, 1.165) is 17.6 Å². The molecular formula is C8H15N3O4S3. The SMILES string of the molecule is CS(=O)(=O)NCCCNS(=O)(=O)c1cc(N)cs1. The monoisotopic (exact) mass is 313 g/mol. The number of rotatable bonds is 7. The Morgan fingerprint density at radius 2 is 1.83 bits per heavy atom. The van der Waals surface area contributed by atoms with Crippen LogP contribution in [-0.4, -0.2) is 36.2 Å². The summed E-state index contributed by atoms with van der Waals surface area (Å²) in [6.45, 7) is 0.344. The van der Waals surface area contributed by atoms with Gasteiger partial charge in [-0.25, -0.2) is 26.3 Å². The number of nitrogens with two attached hydrogens (primary N) is 1. The zero-order valence-corrected chi connectivity index (χ0v) is 12.2. The highest BCUT2D eigenvalue weighted by molar-refractivity contribution is 7.91. The summed E-state index contributed by atoms with van der Waals surface area (Å²) in [4.78, 5) is 0. The molecule has 1 aromatic heterocycles. The van der Waals surface area contributed by atoms with Gasteiger partial charge in [0.05, 0.1) is 6.26 Å². The van der Waals surface area contributed by atoms with Crippen LogP contribution in [-0.2, 0) is 20.0 Å². The van der Waals surface area contributed by atoms with Crippen molar-refractivity contribution in [3.05, 3.63) is 11.4 Å². The van der Waals surface area contributed by atoms with Crippen LogP contribution in [0.1, 0.15) is 6.42 Å². The Hall–Kier alpha value is -0.680. The van der Waals surface area contributed by atoms with E-state index in [9.17, 15) is 16.8 Å². The Morgan fingerprint density at radius 1 is 1.22 bits per heavy atom. The molecule has 0 atom stereocenters. The number of anilines is 1. The van der Waals surface area contributed by atoms with E-state index in [1.165, 1.54) is 6.07 Å². The molecule has 0 bridgehead atoms. The van der Waals surface area contributed by atoms with Crippen molar-refractivity contribution in [3.8, 4) is 0 Å². The fourth-order valence-corrected chi connectivity index (χ4v) is 3.81. The Bertz CT molecular complexity index is 591. The number of nitrogen functional groups attached to an aromatic ring is 1. The number of nitrogens with one attached hydrogen (secondary N) is 2. The highest BCUT2D eigenvalue weighted by Gasteiger charge is 2.15. The molecule has 4 N–H and O–H groups in total. The zero-order chi connectivity index (χ0) is 13.8. The summed E-state index contributed by atoms with van der Waals surface area (Å²) < 4.78 is 49.7. The lowest BCUT2D eigenvalue weighted by Gasteiger charge is -2.05. The fraction of sp³-hybridized carbons (Fsp3) is 0.500. The molecule has 0 aromatic carbocycles. The van der Waals surface area contributed by atoms with Gasteiger partial charge in [-0.15, -0.1) is 11.3 Å². The maximum Gasteiger partial charge on any atom is 0.250 e.